The van der Waals surface area contributed by atoms with Crippen LogP contribution in [0.5, 0.6) is 5.75 Å². The fraction of sp³-hybridized carbons (Fsp3) is 0.310. The summed E-state index contributed by atoms with van der Waals surface area (Å²) in [6.45, 7) is 5.41. The lowest BCUT2D eigenvalue weighted by Gasteiger charge is -2.32. The Hall–Kier alpha value is -3.44. The van der Waals surface area contributed by atoms with Crippen LogP contribution in [0.25, 0.3) is 0 Å². The highest BCUT2D eigenvalue weighted by Crippen LogP contribution is 2.26. The second kappa shape index (κ2) is 13.8. The molecule has 40 heavy (non-hydrogen) atoms. The lowest BCUT2D eigenvalue weighted by atomic mass is 10.1. The maximum Gasteiger partial charge on any atom is 0.264 e. The zero-order valence-corrected chi connectivity index (χ0v) is 25.2. The molecule has 11 heteroatoms. The van der Waals surface area contributed by atoms with Gasteiger partial charge in [0, 0.05) is 17.6 Å². The Morgan fingerprint density at radius 3 is 2.10 bits per heavy atom. The molecule has 1 atom stereocenters. The minimum absolute atomic E-state index is 0.0716. The van der Waals surface area contributed by atoms with Gasteiger partial charge in [-0.15, -0.1) is 0 Å². The third kappa shape index (κ3) is 8.04. The van der Waals surface area contributed by atoms with E-state index in [9.17, 15) is 22.4 Å². The summed E-state index contributed by atoms with van der Waals surface area (Å²) in [5.41, 5.74) is 0.859. The molecule has 2 amide bonds. The number of hydrogen-bond donors (Lipinski definition) is 1. The summed E-state index contributed by atoms with van der Waals surface area (Å²) in [5, 5.41) is 2.84. The molecule has 214 valence electrons. The van der Waals surface area contributed by atoms with E-state index >= 15 is 0 Å². The number of anilines is 1. The number of sulfonamides is 1. The van der Waals surface area contributed by atoms with Gasteiger partial charge >= 0.3 is 0 Å². The minimum atomic E-state index is -4.27. The Balaban J connectivity index is 2.00. The molecule has 0 radical (unpaired) electrons. The molecule has 1 N–H and O–H groups in total. The van der Waals surface area contributed by atoms with Crippen molar-refractivity contribution in [2.75, 3.05) is 24.5 Å². The number of rotatable bonds is 12. The second-order valence-corrected chi connectivity index (χ2v) is 12.4. The fourth-order valence-corrected chi connectivity index (χ4v) is 5.51. The molecule has 0 heterocycles. The summed E-state index contributed by atoms with van der Waals surface area (Å²) < 4.78 is 48.2. The van der Waals surface area contributed by atoms with E-state index in [1.807, 2.05) is 38.1 Å². The summed E-state index contributed by atoms with van der Waals surface area (Å²) in [4.78, 5) is 28.1. The maximum absolute atomic E-state index is 13.9. The van der Waals surface area contributed by atoms with Gasteiger partial charge in [0.05, 0.1) is 17.7 Å². The summed E-state index contributed by atoms with van der Waals surface area (Å²) in [6.07, 6.45) is 0. The molecule has 0 saturated carbocycles. The highest BCUT2D eigenvalue weighted by atomic mass is 79.9. The summed E-state index contributed by atoms with van der Waals surface area (Å²) in [6, 6.07) is 16.9. The second-order valence-electron chi connectivity index (χ2n) is 9.63. The molecule has 0 aliphatic heterocycles. The largest absolute Gasteiger partial charge is 0.497 e. The highest BCUT2D eigenvalue weighted by Gasteiger charge is 2.32. The van der Waals surface area contributed by atoms with Crippen molar-refractivity contribution in [1.82, 2.24) is 10.2 Å². The first-order chi connectivity index (χ1) is 18.9. The molecule has 3 rings (SSSR count). The molecule has 3 aromatic carbocycles. The van der Waals surface area contributed by atoms with Gasteiger partial charge in [-0.05, 0) is 79.1 Å². The van der Waals surface area contributed by atoms with Crippen LogP contribution in [-0.4, -0.2) is 51.4 Å². The van der Waals surface area contributed by atoms with E-state index in [0.29, 0.717) is 12.3 Å². The number of amides is 2. The van der Waals surface area contributed by atoms with Crippen molar-refractivity contribution in [2.45, 2.75) is 38.3 Å². The van der Waals surface area contributed by atoms with E-state index in [2.05, 4.69) is 21.2 Å². The van der Waals surface area contributed by atoms with Gasteiger partial charge in [-0.25, -0.2) is 12.8 Å². The van der Waals surface area contributed by atoms with Crippen molar-refractivity contribution in [1.29, 1.82) is 0 Å². The zero-order chi connectivity index (χ0) is 29.4. The molecule has 0 spiro atoms. The number of carbonyl (C=O) groups excluding carboxylic acids is 2. The third-order valence-electron chi connectivity index (χ3n) is 6.16. The number of halogens is 2. The minimum Gasteiger partial charge on any atom is -0.497 e. The van der Waals surface area contributed by atoms with Crippen LogP contribution in [0.2, 0.25) is 0 Å². The van der Waals surface area contributed by atoms with Gasteiger partial charge in [-0.3, -0.25) is 13.9 Å². The zero-order valence-electron chi connectivity index (χ0n) is 22.8. The first-order valence-electron chi connectivity index (χ1n) is 12.7. The summed E-state index contributed by atoms with van der Waals surface area (Å²) in [5.74, 6) is -0.841. The first kappa shape index (κ1) is 31.1. The van der Waals surface area contributed by atoms with Crippen molar-refractivity contribution >= 4 is 43.5 Å². The van der Waals surface area contributed by atoms with Crippen molar-refractivity contribution in [3.05, 3.63) is 88.6 Å². The average Bonchev–Trinajstić information content (AvgIpc) is 2.94. The standard InChI is InChI=1S/C29H33BrFN3O5S/c1-20(2)17-32-29(36)21(3)33(18-22-5-7-23(30)8-6-22)28(35)19-34(25-11-9-24(31)10-12-25)40(37,38)27-15-13-26(39-4)14-16-27/h5-16,20-21H,17-19H2,1-4H3,(H,32,36)/t21-/m1/s1. The van der Waals surface area contributed by atoms with Gasteiger partial charge in [0.1, 0.15) is 24.2 Å². The Morgan fingerprint density at radius 2 is 1.55 bits per heavy atom. The van der Waals surface area contributed by atoms with Crippen molar-refractivity contribution in [2.24, 2.45) is 5.92 Å². The summed E-state index contributed by atoms with van der Waals surface area (Å²) >= 11 is 3.39. The molecule has 0 unspecified atom stereocenters. The number of nitrogens with one attached hydrogen (secondary N) is 1. The van der Waals surface area contributed by atoms with Crippen molar-refractivity contribution in [3.8, 4) is 5.75 Å². The third-order valence-corrected chi connectivity index (χ3v) is 8.48. The molecule has 0 aromatic heterocycles. The van der Waals surface area contributed by atoms with Crippen LogP contribution in [0.15, 0.2) is 82.2 Å². The highest BCUT2D eigenvalue weighted by molar-refractivity contribution is 9.10. The van der Waals surface area contributed by atoms with E-state index in [1.165, 1.54) is 48.4 Å². The molecule has 0 aliphatic rings. The Morgan fingerprint density at radius 1 is 0.950 bits per heavy atom. The van der Waals surface area contributed by atoms with E-state index in [-0.39, 0.29) is 29.0 Å². The Labute approximate surface area is 243 Å². The predicted octanol–water partition coefficient (Wildman–Crippen LogP) is 4.98. The number of methoxy groups -OCH3 is 1. The van der Waals surface area contributed by atoms with Gasteiger partial charge in [0.25, 0.3) is 10.0 Å². The van der Waals surface area contributed by atoms with Crippen molar-refractivity contribution < 1.29 is 27.1 Å². The number of ether oxygens (including phenoxy) is 1. The number of nitrogens with zero attached hydrogens (tertiary/aromatic N) is 2. The van der Waals surface area contributed by atoms with Gasteiger partial charge in [0.2, 0.25) is 11.8 Å². The smallest absolute Gasteiger partial charge is 0.264 e. The molecule has 0 bridgehead atoms. The molecule has 0 fully saturated rings. The lowest BCUT2D eigenvalue weighted by molar-refractivity contribution is -0.139. The fourth-order valence-electron chi connectivity index (χ4n) is 3.83. The van der Waals surface area contributed by atoms with Crippen molar-refractivity contribution in [3.63, 3.8) is 0 Å². The molecular formula is C29H33BrFN3O5S. The maximum atomic E-state index is 13.9. The predicted molar refractivity (Wildman–Crippen MR) is 156 cm³/mol. The summed E-state index contributed by atoms with van der Waals surface area (Å²) in [7, 11) is -2.80. The topological polar surface area (TPSA) is 96.0 Å². The van der Waals surface area contributed by atoms with E-state index in [0.717, 1.165) is 26.5 Å². The normalized spacial score (nSPS) is 12.1. The number of benzene rings is 3. The molecule has 8 nitrogen and oxygen atoms in total. The van der Waals surface area contributed by atoms with Crippen LogP contribution in [0.3, 0.4) is 0 Å². The molecule has 0 aliphatic carbocycles. The van der Waals surface area contributed by atoms with Gasteiger partial charge in [-0.1, -0.05) is 41.9 Å². The van der Waals surface area contributed by atoms with Gasteiger partial charge in [-0.2, -0.15) is 0 Å². The van der Waals surface area contributed by atoms with Crippen LogP contribution in [0, 0.1) is 11.7 Å². The van der Waals surface area contributed by atoms with Crippen LogP contribution >= 0.6 is 15.9 Å². The Kier molecular flexibility index (Phi) is 10.7. The van der Waals surface area contributed by atoms with E-state index < -0.39 is 34.3 Å². The molecular weight excluding hydrogens is 601 g/mol. The first-order valence-corrected chi connectivity index (χ1v) is 14.9. The van der Waals surface area contributed by atoms with E-state index in [1.54, 1.807) is 6.92 Å². The van der Waals surface area contributed by atoms with Gasteiger partial charge in [0.15, 0.2) is 0 Å². The van der Waals surface area contributed by atoms with Crippen LogP contribution in [0.1, 0.15) is 26.3 Å². The van der Waals surface area contributed by atoms with Crippen LogP contribution < -0.4 is 14.4 Å². The Bertz CT molecular complexity index is 1400. The SMILES string of the molecule is COc1ccc(S(=O)(=O)N(CC(=O)N(Cc2ccc(Br)cc2)[C@H](C)C(=O)NCC(C)C)c2ccc(F)cc2)cc1. The number of hydrogen-bond acceptors (Lipinski definition) is 5. The van der Waals surface area contributed by atoms with Gasteiger partial charge < -0.3 is 15.0 Å². The number of carbonyl (C=O) groups is 2. The molecule has 3 aromatic rings. The monoisotopic (exact) mass is 633 g/mol. The quantitative estimate of drug-likeness (QED) is 0.303. The molecule has 0 saturated heterocycles. The van der Waals surface area contributed by atoms with Crippen LogP contribution in [-0.2, 0) is 26.2 Å². The van der Waals surface area contributed by atoms with Crippen LogP contribution in [0.4, 0.5) is 10.1 Å². The van der Waals surface area contributed by atoms with E-state index in [4.69, 9.17) is 4.74 Å². The average molecular weight is 635 g/mol. The lowest BCUT2D eigenvalue weighted by Crippen LogP contribution is -2.51.